The minimum atomic E-state index is -1.02. The van der Waals surface area contributed by atoms with Crippen molar-refractivity contribution in [1.82, 2.24) is 15.1 Å². The Kier molecular flexibility index (Phi) is 5.97. The summed E-state index contributed by atoms with van der Waals surface area (Å²) in [5, 5.41) is 39.9. The number of ether oxygens (including phenoxy) is 1. The van der Waals surface area contributed by atoms with E-state index in [1.54, 1.807) is 36.7 Å². The van der Waals surface area contributed by atoms with Gasteiger partial charge in [0.15, 0.2) is 6.19 Å². The summed E-state index contributed by atoms with van der Waals surface area (Å²) in [5.41, 5.74) is 3.53. The van der Waals surface area contributed by atoms with Gasteiger partial charge in [0.05, 0.1) is 17.3 Å². The summed E-state index contributed by atoms with van der Waals surface area (Å²) in [7, 11) is 1.89. The van der Waals surface area contributed by atoms with E-state index < -0.39 is 17.7 Å². The van der Waals surface area contributed by atoms with Crippen molar-refractivity contribution in [2.75, 3.05) is 5.32 Å². The van der Waals surface area contributed by atoms with Crippen LogP contribution in [0.5, 0.6) is 5.75 Å². The molecule has 2 heterocycles. The average molecular weight is 456 g/mol. The van der Waals surface area contributed by atoms with E-state index in [0.717, 1.165) is 17.0 Å². The molecule has 1 aromatic heterocycles. The first-order chi connectivity index (χ1) is 16.2. The lowest BCUT2D eigenvalue weighted by Gasteiger charge is -2.40. The van der Waals surface area contributed by atoms with Gasteiger partial charge in [-0.2, -0.15) is 15.6 Å². The van der Waals surface area contributed by atoms with Crippen molar-refractivity contribution >= 4 is 11.6 Å². The van der Waals surface area contributed by atoms with E-state index in [4.69, 9.17) is 4.74 Å². The molecule has 0 radical (unpaired) electrons. The van der Waals surface area contributed by atoms with Gasteiger partial charge in [-0.05, 0) is 57.2 Å². The van der Waals surface area contributed by atoms with Crippen molar-refractivity contribution in [2.45, 2.75) is 38.5 Å². The number of anilines is 1. The Balaban J connectivity index is 1.71. The molecule has 0 saturated carbocycles. The van der Waals surface area contributed by atoms with Gasteiger partial charge in [0.25, 0.3) is 0 Å². The Morgan fingerprint density at radius 3 is 2.68 bits per heavy atom. The minimum Gasteiger partial charge on any atom is -0.485 e. The number of hydrogen-bond donors (Lipinski definition) is 3. The largest absolute Gasteiger partial charge is 0.485 e. The second kappa shape index (κ2) is 8.89. The third-order valence-electron chi connectivity index (χ3n) is 5.82. The van der Waals surface area contributed by atoms with Gasteiger partial charge < -0.3 is 15.2 Å². The van der Waals surface area contributed by atoms with E-state index in [1.165, 1.54) is 0 Å². The number of aliphatic hydroxyl groups excluding tert-OH is 1. The molecule has 0 aliphatic carbocycles. The molecule has 0 saturated heterocycles. The number of guanidine groups is 1. The van der Waals surface area contributed by atoms with Gasteiger partial charge in [0.2, 0.25) is 5.96 Å². The molecule has 0 bridgehead atoms. The van der Waals surface area contributed by atoms with Crippen molar-refractivity contribution < 1.29 is 9.84 Å². The Labute approximate surface area is 197 Å². The van der Waals surface area contributed by atoms with Gasteiger partial charge in [-0.3, -0.25) is 10.00 Å². The SMILES string of the molecule is Cc1cc(-c2cccc(NC(=N[C@@H]3c4cc(C#N)ccc4OC(C)(C)[C@H]3O)NC#N)c2)nn1C. The molecule has 0 fully saturated rings. The van der Waals surface area contributed by atoms with Crippen LogP contribution in [-0.4, -0.2) is 32.6 Å². The van der Waals surface area contributed by atoms with Gasteiger partial charge in [0, 0.05) is 29.6 Å². The number of fused-ring (bicyclic) bond motifs is 1. The first kappa shape index (κ1) is 22.8. The quantitative estimate of drug-likeness (QED) is 0.239. The van der Waals surface area contributed by atoms with Crippen LogP contribution in [0.4, 0.5) is 5.69 Å². The van der Waals surface area contributed by atoms with E-state index in [2.05, 4.69) is 26.8 Å². The maximum atomic E-state index is 11.0. The molecule has 9 nitrogen and oxygen atoms in total. The molecule has 3 aromatic rings. The monoisotopic (exact) mass is 455 g/mol. The summed E-state index contributed by atoms with van der Waals surface area (Å²) < 4.78 is 7.76. The molecule has 2 aromatic carbocycles. The fraction of sp³-hybridized carbons (Fsp3) is 0.280. The number of aliphatic imine (C=N–C) groups is 1. The van der Waals surface area contributed by atoms with Crippen LogP contribution in [0.2, 0.25) is 0 Å². The van der Waals surface area contributed by atoms with Gasteiger partial charge in [-0.25, -0.2) is 4.99 Å². The highest BCUT2D eigenvalue weighted by atomic mass is 16.5. The lowest BCUT2D eigenvalue weighted by Crippen LogP contribution is -2.49. The average Bonchev–Trinajstić information content (AvgIpc) is 3.15. The normalized spacial score (nSPS) is 18.7. The zero-order valence-electron chi connectivity index (χ0n) is 19.4. The van der Waals surface area contributed by atoms with Gasteiger partial charge in [0.1, 0.15) is 23.5 Å². The number of aryl methyl sites for hydroxylation is 2. The number of aliphatic hydroxyl groups is 1. The standard InChI is InChI=1S/C25H25N7O2/c1-15-10-20(31-32(15)4)17-6-5-7-18(12-17)29-24(28-14-27)30-22-19-11-16(13-26)8-9-21(19)34-25(2,3)23(22)33/h5-12,22-23,33H,1-4H3,(H2,28,29,30)/t22-,23+/m1/s1. The van der Waals surface area contributed by atoms with Crippen LogP contribution < -0.4 is 15.4 Å². The molecule has 0 unspecified atom stereocenters. The first-order valence-electron chi connectivity index (χ1n) is 10.7. The Morgan fingerprint density at radius 2 is 2.00 bits per heavy atom. The van der Waals surface area contributed by atoms with Crippen LogP contribution in [-0.2, 0) is 7.05 Å². The molecule has 0 spiro atoms. The fourth-order valence-corrected chi connectivity index (χ4v) is 3.86. The van der Waals surface area contributed by atoms with E-state index >= 15 is 0 Å². The highest BCUT2D eigenvalue weighted by molar-refractivity contribution is 5.95. The summed E-state index contributed by atoms with van der Waals surface area (Å²) in [5.74, 6) is 0.693. The summed E-state index contributed by atoms with van der Waals surface area (Å²) in [4.78, 5) is 4.65. The van der Waals surface area contributed by atoms with Gasteiger partial charge >= 0.3 is 0 Å². The van der Waals surface area contributed by atoms with E-state index in [9.17, 15) is 15.6 Å². The summed E-state index contributed by atoms with van der Waals surface area (Å²) >= 11 is 0. The summed E-state index contributed by atoms with van der Waals surface area (Å²) in [6.07, 6.45) is 0.873. The number of nitrogens with zero attached hydrogens (tertiary/aromatic N) is 5. The molecule has 9 heteroatoms. The third kappa shape index (κ3) is 4.42. The Morgan fingerprint density at radius 1 is 1.21 bits per heavy atom. The third-order valence-corrected chi connectivity index (χ3v) is 5.82. The highest BCUT2D eigenvalue weighted by Crippen LogP contribution is 2.42. The fourth-order valence-electron chi connectivity index (χ4n) is 3.86. The summed E-state index contributed by atoms with van der Waals surface area (Å²) in [6, 6.07) is 15.9. The lowest BCUT2D eigenvalue weighted by molar-refractivity contribution is -0.0567. The van der Waals surface area contributed by atoms with Crippen LogP contribution in [0, 0.1) is 29.7 Å². The van der Waals surface area contributed by atoms with Gasteiger partial charge in [-0.15, -0.1) is 0 Å². The number of nitrogens with one attached hydrogen (secondary N) is 2. The predicted octanol–water partition coefficient (Wildman–Crippen LogP) is 3.38. The topological polar surface area (TPSA) is 131 Å². The van der Waals surface area contributed by atoms with Crippen LogP contribution in [0.25, 0.3) is 11.3 Å². The minimum absolute atomic E-state index is 0.159. The number of rotatable bonds is 3. The molecule has 2 atom stereocenters. The molecule has 1 aliphatic heterocycles. The molecule has 172 valence electrons. The van der Waals surface area contributed by atoms with Crippen molar-refractivity contribution in [2.24, 2.45) is 12.0 Å². The maximum absolute atomic E-state index is 11.0. The van der Waals surface area contributed by atoms with E-state index in [0.29, 0.717) is 22.6 Å². The highest BCUT2D eigenvalue weighted by Gasteiger charge is 2.43. The van der Waals surface area contributed by atoms with Crippen molar-refractivity contribution in [3.05, 3.63) is 65.4 Å². The zero-order chi connectivity index (χ0) is 24.5. The van der Waals surface area contributed by atoms with Crippen molar-refractivity contribution in [1.29, 1.82) is 10.5 Å². The molecule has 1 aliphatic rings. The van der Waals surface area contributed by atoms with E-state index in [-0.39, 0.29) is 5.96 Å². The molecule has 3 N–H and O–H groups in total. The number of benzene rings is 2. The van der Waals surface area contributed by atoms with Gasteiger partial charge in [-0.1, -0.05) is 12.1 Å². The molecular weight excluding hydrogens is 430 g/mol. The van der Waals surface area contributed by atoms with Crippen molar-refractivity contribution in [3.8, 4) is 29.3 Å². The second-order valence-electron chi connectivity index (χ2n) is 8.67. The number of hydrogen-bond acceptors (Lipinski definition) is 6. The Hall–Kier alpha value is -4.34. The van der Waals surface area contributed by atoms with E-state index in [1.807, 2.05) is 50.5 Å². The van der Waals surface area contributed by atoms with Crippen LogP contribution in [0.1, 0.15) is 36.7 Å². The van der Waals surface area contributed by atoms with Crippen LogP contribution in [0.3, 0.4) is 0 Å². The number of aromatic nitrogens is 2. The first-order valence-corrected chi connectivity index (χ1v) is 10.7. The molecule has 34 heavy (non-hydrogen) atoms. The maximum Gasteiger partial charge on any atom is 0.209 e. The van der Waals surface area contributed by atoms with Crippen molar-refractivity contribution in [3.63, 3.8) is 0 Å². The molecule has 4 rings (SSSR count). The Bertz CT molecular complexity index is 1320. The van der Waals surface area contributed by atoms with Crippen LogP contribution >= 0.6 is 0 Å². The molecule has 0 amide bonds. The smallest absolute Gasteiger partial charge is 0.209 e. The zero-order valence-corrected chi connectivity index (χ0v) is 19.4. The predicted molar refractivity (Wildman–Crippen MR) is 128 cm³/mol. The molecular formula is C25H25N7O2. The second-order valence-corrected chi connectivity index (χ2v) is 8.67. The van der Waals surface area contributed by atoms with Crippen LogP contribution in [0.15, 0.2) is 53.5 Å². The number of nitriles is 2. The lowest BCUT2D eigenvalue weighted by atomic mass is 9.86. The summed E-state index contributed by atoms with van der Waals surface area (Å²) in [6.45, 7) is 5.52.